The first-order chi connectivity index (χ1) is 8.07. The lowest BCUT2D eigenvalue weighted by Crippen LogP contribution is -2.29. The van der Waals surface area contributed by atoms with Crippen LogP contribution >= 0.6 is 0 Å². The largest absolute Gasteiger partial charge is 0.419 e. The van der Waals surface area contributed by atoms with Crippen LogP contribution in [0.25, 0.3) is 0 Å². The molecule has 1 aromatic carbocycles. The minimum atomic E-state index is -4.65. The smallest absolute Gasteiger partial charge is 0.313 e. The van der Waals surface area contributed by atoms with Gasteiger partial charge < -0.3 is 5.32 Å². The summed E-state index contributed by atoms with van der Waals surface area (Å²) < 4.78 is 50.8. The van der Waals surface area contributed by atoms with Crippen molar-refractivity contribution in [2.24, 2.45) is 5.41 Å². The van der Waals surface area contributed by atoms with E-state index in [4.69, 9.17) is 0 Å². The maximum absolute atomic E-state index is 13.5. The van der Waals surface area contributed by atoms with E-state index < -0.39 is 17.6 Å². The molecule has 1 rings (SSSR count). The van der Waals surface area contributed by atoms with Gasteiger partial charge in [-0.1, -0.05) is 26.8 Å². The third-order valence-electron chi connectivity index (χ3n) is 2.79. The summed E-state index contributed by atoms with van der Waals surface area (Å²) in [7, 11) is 1.70. The SMILES string of the molecule is CNC(c1ccc(C(F)(F)F)c(F)c1)C(C)(C)C. The van der Waals surface area contributed by atoms with Crippen molar-refractivity contribution >= 4 is 0 Å². The van der Waals surface area contributed by atoms with Crippen LogP contribution in [0.4, 0.5) is 17.6 Å². The second-order valence-electron chi connectivity index (χ2n) is 5.32. The van der Waals surface area contributed by atoms with Crippen molar-refractivity contribution in [2.45, 2.75) is 33.0 Å². The fourth-order valence-corrected chi connectivity index (χ4v) is 2.04. The van der Waals surface area contributed by atoms with E-state index in [9.17, 15) is 17.6 Å². The maximum atomic E-state index is 13.5. The highest BCUT2D eigenvalue weighted by Gasteiger charge is 2.35. The molecule has 1 N–H and O–H groups in total. The lowest BCUT2D eigenvalue weighted by atomic mass is 9.82. The third-order valence-corrected chi connectivity index (χ3v) is 2.79. The molecule has 0 fully saturated rings. The number of alkyl halides is 3. The van der Waals surface area contributed by atoms with Crippen LogP contribution in [-0.4, -0.2) is 7.05 Å². The number of rotatable bonds is 2. The predicted molar refractivity (Wildman–Crippen MR) is 62.7 cm³/mol. The lowest BCUT2D eigenvalue weighted by Gasteiger charge is -2.31. The molecule has 102 valence electrons. The normalized spacial score (nSPS) is 14.7. The molecule has 0 bridgehead atoms. The van der Waals surface area contributed by atoms with Crippen LogP contribution in [0.1, 0.15) is 37.9 Å². The van der Waals surface area contributed by atoms with Gasteiger partial charge in [0.15, 0.2) is 0 Å². The van der Waals surface area contributed by atoms with Gasteiger partial charge in [-0.2, -0.15) is 13.2 Å². The third kappa shape index (κ3) is 3.22. The van der Waals surface area contributed by atoms with Crippen LogP contribution in [-0.2, 0) is 6.18 Å². The van der Waals surface area contributed by atoms with E-state index in [2.05, 4.69) is 5.32 Å². The first-order valence-corrected chi connectivity index (χ1v) is 5.61. The highest BCUT2D eigenvalue weighted by molar-refractivity contribution is 5.29. The van der Waals surface area contributed by atoms with Gasteiger partial charge in [0, 0.05) is 6.04 Å². The molecule has 0 aromatic heterocycles. The zero-order valence-electron chi connectivity index (χ0n) is 10.8. The molecule has 0 aliphatic rings. The average molecular weight is 263 g/mol. The Bertz CT molecular complexity index is 418. The molecular formula is C13H17F4N. The molecule has 0 amide bonds. The van der Waals surface area contributed by atoms with Crippen molar-refractivity contribution in [1.82, 2.24) is 5.32 Å². The zero-order valence-corrected chi connectivity index (χ0v) is 10.8. The standard InChI is InChI=1S/C13H17F4N/c1-12(2,3)11(18-4)8-5-6-9(10(14)7-8)13(15,16)17/h5-7,11,18H,1-4H3. The van der Waals surface area contributed by atoms with Crippen LogP contribution < -0.4 is 5.32 Å². The Morgan fingerprint density at radius 3 is 2.00 bits per heavy atom. The van der Waals surface area contributed by atoms with E-state index in [1.54, 1.807) is 7.05 Å². The van der Waals surface area contributed by atoms with Gasteiger partial charge in [0.25, 0.3) is 0 Å². The summed E-state index contributed by atoms with van der Waals surface area (Å²) in [6.45, 7) is 5.80. The molecule has 5 heteroatoms. The number of nitrogens with one attached hydrogen (secondary N) is 1. The quantitative estimate of drug-likeness (QED) is 0.790. The van der Waals surface area contributed by atoms with Crippen molar-refractivity contribution in [3.8, 4) is 0 Å². The van der Waals surface area contributed by atoms with E-state index in [0.717, 1.165) is 12.1 Å². The molecule has 0 heterocycles. The van der Waals surface area contributed by atoms with Crippen molar-refractivity contribution in [3.63, 3.8) is 0 Å². The molecule has 1 unspecified atom stereocenters. The fourth-order valence-electron chi connectivity index (χ4n) is 2.04. The molecule has 0 spiro atoms. The van der Waals surface area contributed by atoms with Crippen molar-refractivity contribution in [2.75, 3.05) is 7.05 Å². The number of hydrogen-bond acceptors (Lipinski definition) is 1. The number of hydrogen-bond donors (Lipinski definition) is 1. The summed E-state index contributed by atoms with van der Waals surface area (Å²) in [4.78, 5) is 0. The summed E-state index contributed by atoms with van der Waals surface area (Å²) in [6, 6.07) is 2.85. The van der Waals surface area contributed by atoms with Gasteiger partial charge >= 0.3 is 6.18 Å². The number of halogens is 4. The molecule has 0 saturated heterocycles. The molecule has 1 aromatic rings. The minimum Gasteiger partial charge on any atom is -0.313 e. The van der Waals surface area contributed by atoms with E-state index in [1.165, 1.54) is 6.07 Å². The maximum Gasteiger partial charge on any atom is 0.419 e. The Hall–Kier alpha value is -1.10. The van der Waals surface area contributed by atoms with Gasteiger partial charge in [0.2, 0.25) is 0 Å². The van der Waals surface area contributed by atoms with Gasteiger partial charge in [-0.05, 0) is 30.2 Å². The summed E-state index contributed by atoms with van der Waals surface area (Å²) in [5, 5.41) is 3.00. The highest BCUT2D eigenvalue weighted by atomic mass is 19.4. The van der Waals surface area contributed by atoms with Crippen LogP contribution in [0, 0.1) is 11.2 Å². The zero-order chi connectivity index (χ0) is 14.1. The summed E-state index contributed by atoms with van der Waals surface area (Å²) in [6.07, 6.45) is -4.65. The molecule has 0 aliphatic carbocycles. The Morgan fingerprint density at radius 2 is 1.67 bits per heavy atom. The molecule has 1 nitrogen and oxygen atoms in total. The molecule has 1 atom stereocenters. The van der Waals surface area contributed by atoms with E-state index in [-0.39, 0.29) is 11.5 Å². The molecule has 0 saturated carbocycles. The molecular weight excluding hydrogens is 246 g/mol. The van der Waals surface area contributed by atoms with Crippen LogP contribution in [0.5, 0.6) is 0 Å². The van der Waals surface area contributed by atoms with Crippen LogP contribution in [0.3, 0.4) is 0 Å². The Kier molecular flexibility index (Phi) is 4.05. The van der Waals surface area contributed by atoms with E-state index in [0.29, 0.717) is 5.56 Å². The minimum absolute atomic E-state index is 0.214. The van der Waals surface area contributed by atoms with Crippen molar-refractivity contribution in [3.05, 3.63) is 35.1 Å². The second kappa shape index (κ2) is 4.88. The van der Waals surface area contributed by atoms with Gasteiger partial charge in [-0.25, -0.2) is 4.39 Å². The second-order valence-corrected chi connectivity index (χ2v) is 5.32. The van der Waals surface area contributed by atoms with Crippen molar-refractivity contribution in [1.29, 1.82) is 0 Å². The van der Waals surface area contributed by atoms with Gasteiger partial charge in [0.05, 0.1) is 5.56 Å². The average Bonchev–Trinajstić information content (AvgIpc) is 2.14. The van der Waals surface area contributed by atoms with Crippen LogP contribution in [0.15, 0.2) is 18.2 Å². The van der Waals surface area contributed by atoms with Crippen LogP contribution in [0.2, 0.25) is 0 Å². The topological polar surface area (TPSA) is 12.0 Å². The Labute approximate surface area is 104 Å². The van der Waals surface area contributed by atoms with Crippen molar-refractivity contribution < 1.29 is 17.6 Å². The summed E-state index contributed by atoms with van der Waals surface area (Å²) in [5.74, 6) is -1.23. The monoisotopic (exact) mass is 263 g/mol. The summed E-state index contributed by atoms with van der Waals surface area (Å²) >= 11 is 0. The number of benzene rings is 1. The fraction of sp³-hybridized carbons (Fsp3) is 0.538. The summed E-state index contributed by atoms with van der Waals surface area (Å²) in [5.41, 5.74) is -0.938. The highest BCUT2D eigenvalue weighted by Crippen LogP contribution is 2.36. The van der Waals surface area contributed by atoms with Gasteiger partial charge in [-0.3, -0.25) is 0 Å². The molecule has 18 heavy (non-hydrogen) atoms. The Balaban J connectivity index is 3.19. The Morgan fingerprint density at radius 1 is 1.11 bits per heavy atom. The first-order valence-electron chi connectivity index (χ1n) is 5.61. The van der Waals surface area contributed by atoms with E-state index in [1.807, 2.05) is 20.8 Å². The predicted octanol–water partition coefficient (Wildman–Crippen LogP) is 4.15. The molecule has 0 aliphatic heterocycles. The van der Waals surface area contributed by atoms with E-state index >= 15 is 0 Å². The first kappa shape index (κ1) is 15.0. The lowest BCUT2D eigenvalue weighted by molar-refractivity contribution is -0.140. The molecule has 0 radical (unpaired) electrons. The van der Waals surface area contributed by atoms with Gasteiger partial charge in [0.1, 0.15) is 5.82 Å². The van der Waals surface area contributed by atoms with Gasteiger partial charge in [-0.15, -0.1) is 0 Å².